The summed E-state index contributed by atoms with van der Waals surface area (Å²) in [6.45, 7) is 3.40. The highest BCUT2D eigenvalue weighted by molar-refractivity contribution is 5.94. The molecule has 1 saturated heterocycles. The molecule has 1 amide bonds. The van der Waals surface area contributed by atoms with Gasteiger partial charge in [-0.05, 0) is 31.9 Å². The van der Waals surface area contributed by atoms with E-state index < -0.39 is 0 Å². The van der Waals surface area contributed by atoms with E-state index in [2.05, 4.69) is 19.9 Å². The molecule has 0 aromatic carbocycles. The van der Waals surface area contributed by atoms with Gasteiger partial charge in [-0.25, -0.2) is 9.97 Å². The normalized spacial score (nSPS) is 15.2. The van der Waals surface area contributed by atoms with Gasteiger partial charge in [-0.2, -0.15) is 0 Å². The van der Waals surface area contributed by atoms with Crippen LogP contribution in [0.1, 0.15) is 40.5 Å². The average Bonchev–Trinajstić information content (AvgIpc) is 3.23. The molecule has 0 unspecified atom stereocenters. The molecule has 0 bridgehead atoms. The molecular weight excluding hydrogens is 328 g/mol. The molecule has 0 atom stereocenters. The Labute approximate surface area is 151 Å². The second-order valence-electron chi connectivity index (χ2n) is 6.53. The third kappa shape index (κ3) is 3.33. The van der Waals surface area contributed by atoms with Gasteiger partial charge in [0.05, 0.1) is 17.0 Å². The second-order valence-corrected chi connectivity index (χ2v) is 6.53. The maximum atomic E-state index is 12.7. The number of carbonyl (C=O) groups excluding carboxylic acids is 1. The molecule has 0 spiro atoms. The highest BCUT2D eigenvalue weighted by atomic mass is 16.2. The SMILES string of the molecule is Cc1cncc(C2CCN(C(=O)c3ccc(-n4ccnc4)nc3)CC2)n1. The standard InChI is InChI=1S/C19H20N6O/c1-14-10-21-12-17(23-14)15-4-7-24(8-5-15)19(26)16-2-3-18(22-11-16)25-9-6-20-13-25/h2-3,6,9-13,15H,4-5,7-8H2,1H3. The lowest BCUT2D eigenvalue weighted by atomic mass is 9.93. The first-order valence-corrected chi connectivity index (χ1v) is 8.73. The lowest BCUT2D eigenvalue weighted by molar-refractivity contribution is 0.0711. The monoisotopic (exact) mass is 348 g/mol. The minimum Gasteiger partial charge on any atom is -0.339 e. The summed E-state index contributed by atoms with van der Waals surface area (Å²) in [5.74, 6) is 1.15. The van der Waals surface area contributed by atoms with Crippen LogP contribution in [0.15, 0.2) is 49.4 Å². The molecule has 26 heavy (non-hydrogen) atoms. The highest BCUT2D eigenvalue weighted by Crippen LogP contribution is 2.27. The minimum absolute atomic E-state index is 0.0310. The van der Waals surface area contributed by atoms with Crippen molar-refractivity contribution < 1.29 is 4.79 Å². The third-order valence-electron chi connectivity index (χ3n) is 4.74. The zero-order chi connectivity index (χ0) is 17.9. The van der Waals surface area contributed by atoms with Crippen LogP contribution < -0.4 is 0 Å². The van der Waals surface area contributed by atoms with Crippen LogP contribution in [0.5, 0.6) is 0 Å². The van der Waals surface area contributed by atoms with Gasteiger partial charge < -0.3 is 4.90 Å². The van der Waals surface area contributed by atoms with Crippen molar-refractivity contribution in [2.24, 2.45) is 0 Å². The average molecular weight is 348 g/mol. The van der Waals surface area contributed by atoms with Crippen molar-refractivity contribution in [2.45, 2.75) is 25.7 Å². The topological polar surface area (TPSA) is 76.8 Å². The molecule has 0 aliphatic carbocycles. The fourth-order valence-corrected chi connectivity index (χ4v) is 3.30. The van der Waals surface area contributed by atoms with Crippen molar-refractivity contribution >= 4 is 5.91 Å². The second kappa shape index (κ2) is 7.03. The van der Waals surface area contributed by atoms with E-state index in [9.17, 15) is 4.79 Å². The summed E-state index contributed by atoms with van der Waals surface area (Å²) in [4.78, 5) is 31.8. The molecular formula is C19H20N6O. The van der Waals surface area contributed by atoms with E-state index in [0.717, 1.165) is 43.1 Å². The van der Waals surface area contributed by atoms with E-state index in [-0.39, 0.29) is 5.91 Å². The Morgan fingerprint density at radius 1 is 1.12 bits per heavy atom. The largest absolute Gasteiger partial charge is 0.339 e. The first kappa shape index (κ1) is 16.4. The smallest absolute Gasteiger partial charge is 0.255 e. The summed E-state index contributed by atoms with van der Waals surface area (Å²) in [5, 5.41) is 0. The van der Waals surface area contributed by atoms with E-state index in [1.165, 1.54) is 0 Å². The van der Waals surface area contributed by atoms with E-state index in [4.69, 9.17) is 0 Å². The van der Waals surface area contributed by atoms with Gasteiger partial charge in [-0.1, -0.05) is 0 Å². The number of carbonyl (C=O) groups is 1. The number of piperidine rings is 1. The molecule has 1 fully saturated rings. The molecule has 1 aliphatic rings. The molecule has 1 aliphatic heterocycles. The number of amides is 1. The number of aryl methyl sites for hydroxylation is 1. The Morgan fingerprint density at radius 3 is 2.62 bits per heavy atom. The predicted molar refractivity (Wildman–Crippen MR) is 96.0 cm³/mol. The van der Waals surface area contributed by atoms with Gasteiger partial charge in [0, 0.05) is 50.0 Å². The molecule has 3 aromatic heterocycles. The zero-order valence-corrected chi connectivity index (χ0v) is 14.6. The first-order chi connectivity index (χ1) is 12.7. The number of likely N-dealkylation sites (tertiary alicyclic amines) is 1. The Kier molecular flexibility index (Phi) is 4.43. The van der Waals surface area contributed by atoms with E-state index in [0.29, 0.717) is 11.5 Å². The fraction of sp³-hybridized carbons (Fsp3) is 0.316. The lowest BCUT2D eigenvalue weighted by Gasteiger charge is -2.31. The highest BCUT2D eigenvalue weighted by Gasteiger charge is 2.25. The summed E-state index contributed by atoms with van der Waals surface area (Å²) in [6, 6.07) is 3.66. The lowest BCUT2D eigenvalue weighted by Crippen LogP contribution is -2.38. The number of rotatable bonds is 3. The first-order valence-electron chi connectivity index (χ1n) is 8.73. The predicted octanol–water partition coefficient (Wildman–Crippen LogP) is 2.39. The molecule has 7 heteroatoms. The Hall–Kier alpha value is -3.09. The van der Waals surface area contributed by atoms with Crippen molar-refractivity contribution in [1.82, 2.24) is 29.4 Å². The van der Waals surface area contributed by atoms with Gasteiger partial charge in [-0.3, -0.25) is 19.3 Å². The van der Waals surface area contributed by atoms with E-state index >= 15 is 0 Å². The summed E-state index contributed by atoms with van der Waals surface area (Å²) in [6.07, 6.45) is 12.3. The van der Waals surface area contributed by atoms with Crippen LogP contribution in [0, 0.1) is 6.92 Å². The summed E-state index contributed by atoms with van der Waals surface area (Å²) >= 11 is 0. The quantitative estimate of drug-likeness (QED) is 0.726. The maximum absolute atomic E-state index is 12.7. The summed E-state index contributed by atoms with van der Waals surface area (Å²) < 4.78 is 1.81. The molecule has 0 radical (unpaired) electrons. The Bertz CT molecular complexity index is 883. The van der Waals surface area contributed by atoms with E-state index in [1.54, 1.807) is 24.9 Å². The van der Waals surface area contributed by atoms with Gasteiger partial charge in [0.1, 0.15) is 12.1 Å². The Morgan fingerprint density at radius 2 is 1.96 bits per heavy atom. The molecule has 0 saturated carbocycles. The zero-order valence-electron chi connectivity index (χ0n) is 14.6. The van der Waals surface area contributed by atoms with Gasteiger partial charge in [0.15, 0.2) is 0 Å². The van der Waals surface area contributed by atoms with Crippen LogP contribution in [0.4, 0.5) is 0 Å². The van der Waals surface area contributed by atoms with Crippen LogP contribution in [-0.2, 0) is 0 Å². The molecule has 132 valence electrons. The van der Waals surface area contributed by atoms with Gasteiger partial charge in [-0.15, -0.1) is 0 Å². The van der Waals surface area contributed by atoms with Crippen LogP contribution in [0.2, 0.25) is 0 Å². The van der Waals surface area contributed by atoms with E-state index in [1.807, 2.05) is 40.9 Å². The number of pyridine rings is 1. The minimum atomic E-state index is 0.0310. The molecule has 4 heterocycles. The molecule has 7 nitrogen and oxygen atoms in total. The number of aromatic nitrogens is 5. The molecule has 3 aromatic rings. The number of hydrogen-bond donors (Lipinski definition) is 0. The van der Waals surface area contributed by atoms with Crippen LogP contribution >= 0.6 is 0 Å². The van der Waals surface area contributed by atoms with Crippen molar-refractivity contribution in [1.29, 1.82) is 0 Å². The van der Waals surface area contributed by atoms with Crippen molar-refractivity contribution in [3.8, 4) is 5.82 Å². The summed E-state index contributed by atoms with van der Waals surface area (Å²) in [7, 11) is 0. The molecule has 4 rings (SSSR count). The van der Waals surface area contributed by atoms with Crippen molar-refractivity contribution in [3.05, 3.63) is 66.4 Å². The fourth-order valence-electron chi connectivity index (χ4n) is 3.30. The van der Waals surface area contributed by atoms with Gasteiger partial charge in [0.25, 0.3) is 5.91 Å². The maximum Gasteiger partial charge on any atom is 0.255 e. The van der Waals surface area contributed by atoms with Crippen LogP contribution in [0.3, 0.4) is 0 Å². The summed E-state index contributed by atoms with van der Waals surface area (Å²) in [5.41, 5.74) is 2.58. The third-order valence-corrected chi connectivity index (χ3v) is 4.74. The molecule has 0 N–H and O–H groups in total. The Balaban J connectivity index is 1.40. The van der Waals surface area contributed by atoms with Crippen molar-refractivity contribution in [3.63, 3.8) is 0 Å². The van der Waals surface area contributed by atoms with Gasteiger partial charge >= 0.3 is 0 Å². The number of hydrogen-bond acceptors (Lipinski definition) is 5. The van der Waals surface area contributed by atoms with Crippen LogP contribution in [-0.4, -0.2) is 48.4 Å². The number of imidazole rings is 1. The van der Waals surface area contributed by atoms with Crippen LogP contribution in [0.25, 0.3) is 5.82 Å². The van der Waals surface area contributed by atoms with Crippen molar-refractivity contribution in [2.75, 3.05) is 13.1 Å². The van der Waals surface area contributed by atoms with Gasteiger partial charge in [0.2, 0.25) is 0 Å². The number of nitrogens with zero attached hydrogens (tertiary/aromatic N) is 6.